The summed E-state index contributed by atoms with van der Waals surface area (Å²) in [6.45, 7) is 0. The molecule has 1 aromatic heterocycles. The van der Waals surface area contributed by atoms with Crippen molar-refractivity contribution in [2.75, 3.05) is 5.33 Å². The SMILES string of the molecule is Fc1ccc2sc(CCBr)nc2c1. The van der Waals surface area contributed by atoms with E-state index in [1.165, 1.54) is 12.1 Å². The van der Waals surface area contributed by atoms with E-state index in [-0.39, 0.29) is 5.82 Å². The molecule has 68 valence electrons. The van der Waals surface area contributed by atoms with Crippen LogP contribution in [-0.4, -0.2) is 10.3 Å². The van der Waals surface area contributed by atoms with Crippen molar-refractivity contribution in [3.05, 3.63) is 29.0 Å². The predicted molar refractivity (Wildman–Crippen MR) is 57.1 cm³/mol. The second-order valence-electron chi connectivity index (χ2n) is 2.66. The molecule has 0 fully saturated rings. The van der Waals surface area contributed by atoms with Crippen molar-refractivity contribution in [3.63, 3.8) is 0 Å². The van der Waals surface area contributed by atoms with Gasteiger partial charge in [-0.05, 0) is 12.1 Å². The molecular formula is C9H7BrFNS. The van der Waals surface area contributed by atoms with Gasteiger partial charge in [-0.15, -0.1) is 11.3 Å². The molecule has 0 aliphatic carbocycles. The van der Waals surface area contributed by atoms with Crippen LogP contribution in [0.1, 0.15) is 5.01 Å². The topological polar surface area (TPSA) is 12.9 Å². The van der Waals surface area contributed by atoms with Gasteiger partial charge in [-0.2, -0.15) is 0 Å². The first kappa shape index (κ1) is 9.09. The highest BCUT2D eigenvalue weighted by Gasteiger charge is 2.03. The number of fused-ring (bicyclic) bond motifs is 1. The van der Waals surface area contributed by atoms with E-state index in [2.05, 4.69) is 20.9 Å². The first-order valence-electron chi connectivity index (χ1n) is 3.90. The number of rotatable bonds is 2. The summed E-state index contributed by atoms with van der Waals surface area (Å²) in [4.78, 5) is 4.31. The average molecular weight is 260 g/mol. The summed E-state index contributed by atoms with van der Waals surface area (Å²) in [5, 5.41) is 1.95. The minimum Gasteiger partial charge on any atom is -0.241 e. The molecule has 0 aliphatic rings. The zero-order valence-corrected chi connectivity index (χ0v) is 9.16. The fourth-order valence-electron chi connectivity index (χ4n) is 1.14. The number of thiazole rings is 1. The number of hydrogen-bond acceptors (Lipinski definition) is 2. The van der Waals surface area contributed by atoms with E-state index in [9.17, 15) is 4.39 Å². The number of aryl methyl sites for hydroxylation is 1. The Morgan fingerprint density at radius 3 is 3.08 bits per heavy atom. The van der Waals surface area contributed by atoms with E-state index in [0.29, 0.717) is 0 Å². The van der Waals surface area contributed by atoms with Gasteiger partial charge in [-0.25, -0.2) is 9.37 Å². The molecule has 0 atom stereocenters. The third kappa shape index (κ3) is 1.89. The summed E-state index contributed by atoms with van der Waals surface area (Å²) >= 11 is 4.97. The van der Waals surface area contributed by atoms with Crippen LogP contribution in [0.2, 0.25) is 0 Å². The van der Waals surface area contributed by atoms with Gasteiger partial charge in [0.1, 0.15) is 5.82 Å². The van der Waals surface area contributed by atoms with Crippen molar-refractivity contribution >= 4 is 37.5 Å². The van der Waals surface area contributed by atoms with E-state index in [1.54, 1.807) is 17.4 Å². The number of hydrogen-bond donors (Lipinski definition) is 0. The van der Waals surface area contributed by atoms with Crippen LogP contribution in [0.15, 0.2) is 18.2 Å². The summed E-state index contributed by atoms with van der Waals surface area (Å²) in [6.07, 6.45) is 0.904. The zero-order chi connectivity index (χ0) is 9.26. The maximum Gasteiger partial charge on any atom is 0.125 e. The van der Waals surface area contributed by atoms with E-state index in [4.69, 9.17) is 0 Å². The number of alkyl halides is 1. The smallest absolute Gasteiger partial charge is 0.125 e. The molecule has 2 rings (SSSR count). The van der Waals surface area contributed by atoms with Crippen LogP contribution < -0.4 is 0 Å². The molecule has 0 N–H and O–H groups in total. The van der Waals surface area contributed by atoms with Crippen LogP contribution in [0.5, 0.6) is 0 Å². The number of aromatic nitrogens is 1. The fraction of sp³-hybridized carbons (Fsp3) is 0.222. The number of nitrogens with zero attached hydrogens (tertiary/aromatic N) is 1. The van der Waals surface area contributed by atoms with Crippen molar-refractivity contribution in [2.45, 2.75) is 6.42 Å². The molecular weight excluding hydrogens is 253 g/mol. The number of benzene rings is 1. The fourth-order valence-corrected chi connectivity index (χ4v) is 2.72. The first-order chi connectivity index (χ1) is 6.29. The standard InChI is InChI=1S/C9H7BrFNS/c10-4-3-9-12-7-5-6(11)1-2-8(7)13-9/h1-2,5H,3-4H2. The lowest BCUT2D eigenvalue weighted by Gasteiger charge is -1.85. The predicted octanol–water partition coefficient (Wildman–Crippen LogP) is 3.37. The molecule has 4 heteroatoms. The summed E-state index contributed by atoms with van der Waals surface area (Å²) in [7, 11) is 0. The van der Waals surface area contributed by atoms with Gasteiger partial charge in [0, 0.05) is 17.8 Å². The Kier molecular flexibility index (Phi) is 2.60. The Balaban J connectivity index is 2.49. The van der Waals surface area contributed by atoms with Gasteiger partial charge in [-0.3, -0.25) is 0 Å². The Bertz CT molecular complexity index is 426. The van der Waals surface area contributed by atoms with Gasteiger partial charge in [-0.1, -0.05) is 15.9 Å². The van der Waals surface area contributed by atoms with Crippen LogP contribution in [0.3, 0.4) is 0 Å². The lowest BCUT2D eigenvalue weighted by Crippen LogP contribution is -1.81. The molecule has 1 heterocycles. The van der Waals surface area contributed by atoms with Gasteiger partial charge >= 0.3 is 0 Å². The van der Waals surface area contributed by atoms with Crippen LogP contribution in [0.25, 0.3) is 10.2 Å². The zero-order valence-electron chi connectivity index (χ0n) is 6.76. The normalized spacial score (nSPS) is 10.9. The molecule has 0 unspecified atom stereocenters. The van der Waals surface area contributed by atoms with Crippen molar-refractivity contribution in [1.82, 2.24) is 4.98 Å². The second-order valence-corrected chi connectivity index (χ2v) is 4.57. The quantitative estimate of drug-likeness (QED) is 0.754. The summed E-state index contributed by atoms with van der Waals surface area (Å²) in [5.41, 5.74) is 0.765. The van der Waals surface area contributed by atoms with E-state index < -0.39 is 0 Å². The Labute approximate surface area is 87.7 Å². The minimum absolute atomic E-state index is 0.219. The maximum absolute atomic E-state index is 12.8. The first-order valence-corrected chi connectivity index (χ1v) is 5.84. The average Bonchev–Trinajstić information content (AvgIpc) is 2.46. The number of halogens is 2. The van der Waals surface area contributed by atoms with E-state index in [0.717, 1.165) is 27.0 Å². The molecule has 1 aromatic carbocycles. The Morgan fingerprint density at radius 1 is 1.46 bits per heavy atom. The largest absolute Gasteiger partial charge is 0.241 e. The van der Waals surface area contributed by atoms with E-state index in [1.807, 2.05) is 0 Å². The maximum atomic E-state index is 12.8. The highest BCUT2D eigenvalue weighted by atomic mass is 79.9. The van der Waals surface area contributed by atoms with Crippen LogP contribution in [0, 0.1) is 5.82 Å². The van der Waals surface area contributed by atoms with Gasteiger partial charge < -0.3 is 0 Å². The lowest BCUT2D eigenvalue weighted by atomic mass is 10.3. The molecule has 0 amide bonds. The third-order valence-corrected chi connectivity index (χ3v) is 3.19. The van der Waals surface area contributed by atoms with Crippen LogP contribution >= 0.6 is 27.3 Å². The van der Waals surface area contributed by atoms with E-state index >= 15 is 0 Å². The van der Waals surface area contributed by atoms with Gasteiger partial charge in [0.2, 0.25) is 0 Å². The second kappa shape index (κ2) is 3.72. The van der Waals surface area contributed by atoms with Crippen LogP contribution in [-0.2, 0) is 6.42 Å². The molecule has 0 saturated heterocycles. The molecule has 0 saturated carbocycles. The van der Waals surface area contributed by atoms with Crippen LogP contribution in [0.4, 0.5) is 4.39 Å². The minimum atomic E-state index is -0.219. The molecule has 1 nitrogen and oxygen atoms in total. The van der Waals surface area contributed by atoms with Crippen molar-refractivity contribution in [2.24, 2.45) is 0 Å². The van der Waals surface area contributed by atoms with Crippen molar-refractivity contribution in [1.29, 1.82) is 0 Å². The molecule has 0 spiro atoms. The summed E-state index contributed by atoms with van der Waals surface area (Å²) < 4.78 is 13.8. The molecule has 0 aliphatic heterocycles. The highest BCUT2D eigenvalue weighted by Crippen LogP contribution is 2.23. The Morgan fingerprint density at radius 2 is 2.31 bits per heavy atom. The monoisotopic (exact) mass is 259 g/mol. The molecule has 2 aromatic rings. The summed E-state index contributed by atoms with van der Waals surface area (Å²) in [5.74, 6) is -0.219. The lowest BCUT2D eigenvalue weighted by molar-refractivity contribution is 0.629. The van der Waals surface area contributed by atoms with Gasteiger partial charge in [0.15, 0.2) is 0 Å². The van der Waals surface area contributed by atoms with Gasteiger partial charge in [0.05, 0.1) is 15.2 Å². The third-order valence-electron chi connectivity index (χ3n) is 1.70. The van der Waals surface area contributed by atoms with Gasteiger partial charge in [0.25, 0.3) is 0 Å². The Hall–Kier alpha value is -0.480. The van der Waals surface area contributed by atoms with Crippen molar-refractivity contribution in [3.8, 4) is 0 Å². The highest BCUT2D eigenvalue weighted by molar-refractivity contribution is 9.09. The van der Waals surface area contributed by atoms with Crippen molar-refractivity contribution < 1.29 is 4.39 Å². The molecule has 13 heavy (non-hydrogen) atoms. The molecule has 0 bridgehead atoms. The summed E-state index contributed by atoms with van der Waals surface area (Å²) in [6, 6.07) is 4.72. The molecule has 0 radical (unpaired) electrons.